The standard InChI is InChI=1S/C15H10O2/c16-15(14-6-3-9-17-14)13-8-7-11-4-1-2-5-12(11)10-13/h1-10H. The van der Waals surface area contributed by atoms with E-state index in [2.05, 4.69) is 0 Å². The summed E-state index contributed by atoms with van der Waals surface area (Å²) >= 11 is 0. The summed E-state index contributed by atoms with van der Waals surface area (Å²) in [5.41, 5.74) is 0.652. The summed E-state index contributed by atoms with van der Waals surface area (Å²) in [5, 5.41) is 2.19. The second kappa shape index (κ2) is 3.91. The summed E-state index contributed by atoms with van der Waals surface area (Å²) in [5.74, 6) is 0.293. The van der Waals surface area contributed by atoms with Gasteiger partial charge in [0, 0.05) is 5.56 Å². The number of carbonyl (C=O) groups is 1. The van der Waals surface area contributed by atoms with Gasteiger partial charge in [0.1, 0.15) is 0 Å². The number of hydrogen-bond acceptors (Lipinski definition) is 2. The van der Waals surface area contributed by atoms with Crippen molar-refractivity contribution in [2.45, 2.75) is 0 Å². The van der Waals surface area contributed by atoms with Gasteiger partial charge >= 0.3 is 0 Å². The zero-order valence-corrected chi connectivity index (χ0v) is 9.09. The van der Waals surface area contributed by atoms with Crippen molar-refractivity contribution >= 4 is 16.6 Å². The average molecular weight is 222 g/mol. The molecule has 2 nitrogen and oxygen atoms in total. The first kappa shape index (κ1) is 9.85. The molecule has 0 amide bonds. The fourth-order valence-corrected chi connectivity index (χ4v) is 1.88. The zero-order chi connectivity index (χ0) is 11.7. The lowest BCUT2D eigenvalue weighted by molar-refractivity contribution is 0.101. The Hall–Kier alpha value is -2.35. The van der Waals surface area contributed by atoms with Crippen LogP contribution in [0.3, 0.4) is 0 Å². The molecule has 0 N–H and O–H groups in total. The Morgan fingerprint density at radius 3 is 2.47 bits per heavy atom. The van der Waals surface area contributed by atoms with Crippen LogP contribution in [-0.2, 0) is 0 Å². The van der Waals surface area contributed by atoms with Crippen LogP contribution in [0.4, 0.5) is 0 Å². The van der Waals surface area contributed by atoms with Gasteiger partial charge in [0.25, 0.3) is 0 Å². The van der Waals surface area contributed by atoms with Crippen LogP contribution in [-0.4, -0.2) is 5.78 Å². The molecule has 3 aromatic rings. The molecule has 1 heterocycles. The molecule has 0 unspecified atom stereocenters. The second-order valence-electron chi connectivity index (χ2n) is 3.87. The summed E-state index contributed by atoms with van der Waals surface area (Å²) < 4.78 is 5.11. The maximum absolute atomic E-state index is 12.1. The van der Waals surface area contributed by atoms with Crippen LogP contribution in [0.1, 0.15) is 16.1 Å². The molecule has 0 saturated heterocycles. The highest BCUT2D eigenvalue weighted by molar-refractivity contribution is 6.08. The van der Waals surface area contributed by atoms with Crippen molar-refractivity contribution in [1.82, 2.24) is 0 Å². The molecule has 0 fully saturated rings. The minimum absolute atomic E-state index is 0.0826. The summed E-state index contributed by atoms with van der Waals surface area (Å²) in [4.78, 5) is 12.1. The number of rotatable bonds is 2. The molecular weight excluding hydrogens is 212 g/mol. The normalized spacial score (nSPS) is 10.6. The van der Waals surface area contributed by atoms with Crippen molar-refractivity contribution in [3.05, 3.63) is 72.2 Å². The smallest absolute Gasteiger partial charge is 0.228 e. The number of carbonyl (C=O) groups excluding carboxylic acids is 1. The molecule has 3 rings (SSSR count). The van der Waals surface area contributed by atoms with Crippen molar-refractivity contribution in [2.24, 2.45) is 0 Å². The summed E-state index contributed by atoms with van der Waals surface area (Å²) in [6.07, 6.45) is 1.51. The van der Waals surface area contributed by atoms with Crippen LogP contribution in [0.5, 0.6) is 0 Å². The Balaban J connectivity index is 2.09. The maximum Gasteiger partial charge on any atom is 0.228 e. The van der Waals surface area contributed by atoms with Gasteiger partial charge in [-0.1, -0.05) is 36.4 Å². The predicted octanol–water partition coefficient (Wildman–Crippen LogP) is 3.66. The van der Waals surface area contributed by atoms with Gasteiger partial charge in [-0.05, 0) is 29.0 Å². The summed E-state index contributed by atoms with van der Waals surface area (Å²) in [7, 11) is 0. The Morgan fingerprint density at radius 1 is 0.882 bits per heavy atom. The SMILES string of the molecule is O=C(c1ccc2ccccc2c1)c1ccco1. The molecule has 17 heavy (non-hydrogen) atoms. The maximum atomic E-state index is 12.1. The highest BCUT2D eigenvalue weighted by Crippen LogP contribution is 2.18. The van der Waals surface area contributed by atoms with E-state index < -0.39 is 0 Å². The van der Waals surface area contributed by atoms with E-state index in [1.165, 1.54) is 6.26 Å². The van der Waals surface area contributed by atoms with E-state index in [-0.39, 0.29) is 5.78 Å². The molecule has 0 spiro atoms. The topological polar surface area (TPSA) is 30.2 Å². The van der Waals surface area contributed by atoms with Crippen LogP contribution in [0, 0.1) is 0 Å². The van der Waals surface area contributed by atoms with E-state index in [1.807, 2.05) is 42.5 Å². The molecule has 0 atom stereocenters. The number of hydrogen-bond donors (Lipinski definition) is 0. The van der Waals surface area contributed by atoms with Gasteiger partial charge < -0.3 is 4.42 Å². The number of ketones is 1. The van der Waals surface area contributed by atoms with Crippen LogP contribution >= 0.6 is 0 Å². The molecule has 2 aromatic carbocycles. The van der Waals surface area contributed by atoms with E-state index in [4.69, 9.17) is 4.42 Å². The van der Waals surface area contributed by atoms with Crippen molar-refractivity contribution in [1.29, 1.82) is 0 Å². The first-order chi connectivity index (χ1) is 8.34. The minimum atomic E-state index is -0.0826. The van der Waals surface area contributed by atoms with Crippen LogP contribution in [0.15, 0.2) is 65.3 Å². The third kappa shape index (κ3) is 1.74. The largest absolute Gasteiger partial charge is 0.461 e. The van der Waals surface area contributed by atoms with Gasteiger partial charge in [0.2, 0.25) is 5.78 Å². The van der Waals surface area contributed by atoms with Crippen LogP contribution in [0.25, 0.3) is 10.8 Å². The van der Waals surface area contributed by atoms with Gasteiger partial charge in [0.15, 0.2) is 5.76 Å². The van der Waals surface area contributed by atoms with E-state index >= 15 is 0 Å². The van der Waals surface area contributed by atoms with Gasteiger partial charge in [-0.15, -0.1) is 0 Å². The first-order valence-corrected chi connectivity index (χ1v) is 5.41. The molecule has 0 saturated carbocycles. The molecule has 0 radical (unpaired) electrons. The average Bonchev–Trinajstić information content (AvgIpc) is 2.91. The van der Waals surface area contributed by atoms with E-state index in [9.17, 15) is 4.79 Å². The van der Waals surface area contributed by atoms with Crippen molar-refractivity contribution in [2.75, 3.05) is 0 Å². The number of furan rings is 1. The van der Waals surface area contributed by atoms with Crippen molar-refractivity contribution < 1.29 is 9.21 Å². The molecule has 2 heteroatoms. The zero-order valence-electron chi connectivity index (χ0n) is 9.09. The lowest BCUT2D eigenvalue weighted by Crippen LogP contribution is -1.98. The summed E-state index contributed by atoms with van der Waals surface area (Å²) in [6.45, 7) is 0. The number of fused-ring (bicyclic) bond motifs is 1. The fourth-order valence-electron chi connectivity index (χ4n) is 1.88. The van der Waals surface area contributed by atoms with Crippen molar-refractivity contribution in [3.8, 4) is 0 Å². The van der Waals surface area contributed by atoms with Gasteiger partial charge in [-0.25, -0.2) is 0 Å². The van der Waals surface area contributed by atoms with E-state index in [0.717, 1.165) is 10.8 Å². The molecule has 1 aromatic heterocycles. The Labute approximate surface area is 98.5 Å². The highest BCUT2D eigenvalue weighted by atomic mass is 16.3. The first-order valence-electron chi connectivity index (χ1n) is 5.41. The minimum Gasteiger partial charge on any atom is -0.461 e. The lowest BCUT2D eigenvalue weighted by Gasteiger charge is -2.01. The van der Waals surface area contributed by atoms with Gasteiger partial charge in [-0.2, -0.15) is 0 Å². The number of benzene rings is 2. The molecule has 0 aliphatic heterocycles. The lowest BCUT2D eigenvalue weighted by atomic mass is 10.0. The van der Waals surface area contributed by atoms with E-state index in [0.29, 0.717) is 11.3 Å². The molecular formula is C15H10O2. The summed E-state index contributed by atoms with van der Waals surface area (Å²) in [6, 6.07) is 17.0. The second-order valence-corrected chi connectivity index (χ2v) is 3.87. The monoisotopic (exact) mass is 222 g/mol. The van der Waals surface area contributed by atoms with Gasteiger partial charge in [-0.3, -0.25) is 4.79 Å². The van der Waals surface area contributed by atoms with E-state index in [1.54, 1.807) is 12.1 Å². The molecule has 0 aliphatic carbocycles. The third-order valence-electron chi connectivity index (χ3n) is 2.76. The van der Waals surface area contributed by atoms with Crippen LogP contribution < -0.4 is 0 Å². The predicted molar refractivity (Wildman–Crippen MR) is 66.1 cm³/mol. The quantitative estimate of drug-likeness (QED) is 0.619. The molecule has 0 aliphatic rings. The molecule has 0 bridgehead atoms. The Morgan fingerprint density at radius 2 is 1.71 bits per heavy atom. The fraction of sp³-hybridized carbons (Fsp3) is 0. The third-order valence-corrected chi connectivity index (χ3v) is 2.76. The molecule has 82 valence electrons. The Bertz CT molecular complexity index is 666. The Kier molecular flexibility index (Phi) is 2.26. The van der Waals surface area contributed by atoms with Crippen LogP contribution in [0.2, 0.25) is 0 Å². The highest BCUT2D eigenvalue weighted by Gasteiger charge is 2.11. The van der Waals surface area contributed by atoms with Crippen molar-refractivity contribution in [3.63, 3.8) is 0 Å². The van der Waals surface area contributed by atoms with Gasteiger partial charge in [0.05, 0.1) is 6.26 Å².